The summed E-state index contributed by atoms with van der Waals surface area (Å²) in [6.07, 6.45) is 4.15. The molecule has 0 aliphatic heterocycles. The van der Waals surface area contributed by atoms with Crippen molar-refractivity contribution >= 4 is 0 Å². The first-order chi connectivity index (χ1) is 8.34. The van der Waals surface area contributed by atoms with E-state index in [1.807, 2.05) is 30.3 Å². The summed E-state index contributed by atoms with van der Waals surface area (Å²) in [4.78, 5) is 8.90. The molecule has 0 unspecified atom stereocenters. The van der Waals surface area contributed by atoms with Gasteiger partial charge in [-0.25, -0.2) is 9.97 Å². The normalized spacial score (nSPS) is 18.8. The molecule has 0 saturated carbocycles. The van der Waals surface area contributed by atoms with Crippen molar-refractivity contribution in [2.75, 3.05) is 0 Å². The molecule has 1 heterocycles. The van der Waals surface area contributed by atoms with E-state index in [1.54, 1.807) is 6.20 Å². The van der Waals surface area contributed by atoms with Gasteiger partial charge in [0.2, 0.25) is 0 Å². The Morgan fingerprint density at radius 3 is 2.82 bits per heavy atom. The van der Waals surface area contributed by atoms with Crippen LogP contribution in [0.25, 0.3) is 11.4 Å². The maximum Gasteiger partial charge on any atom is 0.159 e. The number of benzene rings is 1. The van der Waals surface area contributed by atoms with E-state index in [4.69, 9.17) is 0 Å². The van der Waals surface area contributed by atoms with Crippen LogP contribution in [0.4, 0.5) is 0 Å². The van der Waals surface area contributed by atoms with Crippen LogP contribution in [0.2, 0.25) is 0 Å². The highest BCUT2D eigenvalue weighted by Crippen LogP contribution is 2.28. The second-order valence-corrected chi connectivity index (χ2v) is 4.37. The van der Waals surface area contributed by atoms with E-state index in [0.717, 1.165) is 41.9 Å². The van der Waals surface area contributed by atoms with Gasteiger partial charge in [-0.15, -0.1) is 0 Å². The molecule has 2 aromatic rings. The number of fused-ring (bicyclic) bond motifs is 1. The standard InChI is InChI=1S/C14H14N2O/c17-13-8-4-7-12-11(13)9-15-14(16-12)10-5-2-1-3-6-10/h1-3,5-6,9,13,17H,4,7-8H2/t13-/m1/s1. The Morgan fingerprint density at radius 1 is 1.18 bits per heavy atom. The van der Waals surface area contributed by atoms with Crippen molar-refractivity contribution < 1.29 is 5.11 Å². The lowest BCUT2D eigenvalue weighted by Crippen LogP contribution is -2.12. The predicted molar refractivity (Wildman–Crippen MR) is 65.4 cm³/mol. The smallest absolute Gasteiger partial charge is 0.159 e. The minimum atomic E-state index is -0.386. The van der Waals surface area contributed by atoms with Gasteiger partial charge in [0.25, 0.3) is 0 Å². The van der Waals surface area contributed by atoms with Gasteiger partial charge < -0.3 is 5.11 Å². The van der Waals surface area contributed by atoms with E-state index in [0.29, 0.717) is 0 Å². The second-order valence-electron chi connectivity index (χ2n) is 4.37. The molecule has 0 spiro atoms. The highest BCUT2D eigenvalue weighted by Gasteiger charge is 2.20. The topological polar surface area (TPSA) is 46.0 Å². The zero-order valence-electron chi connectivity index (χ0n) is 9.50. The van der Waals surface area contributed by atoms with Crippen LogP contribution >= 0.6 is 0 Å². The molecule has 1 aliphatic carbocycles. The third kappa shape index (κ3) is 1.94. The first kappa shape index (κ1) is 10.4. The van der Waals surface area contributed by atoms with Crippen molar-refractivity contribution in [2.45, 2.75) is 25.4 Å². The Labute approximate surface area is 100 Å². The molecule has 3 heteroatoms. The van der Waals surface area contributed by atoms with Crippen molar-refractivity contribution in [1.82, 2.24) is 9.97 Å². The molecular formula is C14H14N2O. The maximum absolute atomic E-state index is 9.84. The molecule has 0 saturated heterocycles. The van der Waals surface area contributed by atoms with Crippen molar-refractivity contribution in [3.63, 3.8) is 0 Å². The van der Waals surface area contributed by atoms with Gasteiger partial charge in [0.15, 0.2) is 5.82 Å². The highest BCUT2D eigenvalue weighted by molar-refractivity contribution is 5.54. The number of hydrogen-bond acceptors (Lipinski definition) is 3. The SMILES string of the molecule is O[C@@H]1CCCc2nc(-c3ccccc3)ncc21. The fraction of sp³-hybridized carbons (Fsp3) is 0.286. The van der Waals surface area contributed by atoms with Gasteiger partial charge in [-0.05, 0) is 19.3 Å². The molecule has 1 aromatic carbocycles. The quantitative estimate of drug-likeness (QED) is 0.812. The van der Waals surface area contributed by atoms with Crippen LogP contribution in [-0.4, -0.2) is 15.1 Å². The summed E-state index contributed by atoms with van der Waals surface area (Å²) < 4.78 is 0. The van der Waals surface area contributed by atoms with Crippen LogP contribution in [0.3, 0.4) is 0 Å². The second kappa shape index (κ2) is 4.26. The van der Waals surface area contributed by atoms with Gasteiger partial charge >= 0.3 is 0 Å². The third-order valence-electron chi connectivity index (χ3n) is 3.18. The van der Waals surface area contributed by atoms with Gasteiger partial charge in [0, 0.05) is 17.3 Å². The molecule has 1 atom stereocenters. The number of hydrogen-bond donors (Lipinski definition) is 1. The number of aliphatic hydroxyl groups is 1. The monoisotopic (exact) mass is 226 g/mol. The van der Waals surface area contributed by atoms with E-state index in [9.17, 15) is 5.11 Å². The first-order valence-corrected chi connectivity index (χ1v) is 5.94. The molecular weight excluding hydrogens is 212 g/mol. The van der Waals surface area contributed by atoms with E-state index < -0.39 is 0 Å². The highest BCUT2D eigenvalue weighted by atomic mass is 16.3. The van der Waals surface area contributed by atoms with Gasteiger partial charge in [0.1, 0.15) is 0 Å². The van der Waals surface area contributed by atoms with Crippen molar-refractivity contribution in [3.8, 4) is 11.4 Å². The van der Waals surface area contributed by atoms with E-state index >= 15 is 0 Å². The average Bonchev–Trinajstić information content (AvgIpc) is 2.40. The lowest BCUT2D eigenvalue weighted by molar-refractivity contribution is 0.155. The summed E-state index contributed by atoms with van der Waals surface area (Å²) in [5.74, 6) is 0.749. The van der Waals surface area contributed by atoms with Gasteiger partial charge in [-0.1, -0.05) is 30.3 Å². The summed E-state index contributed by atoms with van der Waals surface area (Å²) in [6.45, 7) is 0. The van der Waals surface area contributed by atoms with Crippen LogP contribution in [-0.2, 0) is 6.42 Å². The molecule has 17 heavy (non-hydrogen) atoms. The summed E-state index contributed by atoms with van der Waals surface area (Å²) in [5.41, 5.74) is 2.92. The van der Waals surface area contributed by atoms with Crippen LogP contribution < -0.4 is 0 Å². The van der Waals surface area contributed by atoms with Crippen molar-refractivity contribution in [1.29, 1.82) is 0 Å². The number of aliphatic hydroxyl groups excluding tert-OH is 1. The number of nitrogens with zero attached hydrogens (tertiary/aromatic N) is 2. The molecule has 0 radical (unpaired) electrons. The maximum atomic E-state index is 9.84. The van der Waals surface area contributed by atoms with E-state index in [-0.39, 0.29) is 6.10 Å². The molecule has 0 bridgehead atoms. The average molecular weight is 226 g/mol. The predicted octanol–water partition coefficient (Wildman–Crippen LogP) is 2.51. The van der Waals surface area contributed by atoms with E-state index in [1.165, 1.54) is 0 Å². The summed E-state index contributed by atoms with van der Waals surface area (Å²) in [5, 5.41) is 9.84. The Hall–Kier alpha value is -1.74. The Balaban J connectivity index is 2.04. The summed E-state index contributed by atoms with van der Waals surface area (Å²) in [7, 11) is 0. The molecule has 86 valence electrons. The number of rotatable bonds is 1. The Bertz CT molecular complexity index is 525. The zero-order chi connectivity index (χ0) is 11.7. The lowest BCUT2D eigenvalue weighted by Gasteiger charge is -2.20. The van der Waals surface area contributed by atoms with Crippen LogP contribution in [0.1, 0.15) is 30.2 Å². The zero-order valence-corrected chi connectivity index (χ0v) is 9.50. The molecule has 3 nitrogen and oxygen atoms in total. The molecule has 3 rings (SSSR count). The summed E-state index contributed by atoms with van der Waals surface area (Å²) >= 11 is 0. The molecule has 0 amide bonds. The summed E-state index contributed by atoms with van der Waals surface area (Å²) in [6, 6.07) is 9.94. The van der Waals surface area contributed by atoms with Crippen LogP contribution in [0.5, 0.6) is 0 Å². The fourth-order valence-electron chi connectivity index (χ4n) is 2.25. The molecule has 1 aromatic heterocycles. The number of aromatic nitrogens is 2. The number of aryl methyl sites for hydroxylation is 1. The fourth-order valence-corrected chi connectivity index (χ4v) is 2.25. The molecule has 0 fully saturated rings. The van der Waals surface area contributed by atoms with Gasteiger partial charge in [-0.3, -0.25) is 0 Å². The molecule has 1 N–H and O–H groups in total. The Morgan fingerprint density at radius 2 is 2.00 bits per heavy atom. The van der Waals surface area contributed by atoms with Gasteiger partial charge in [0.05, 0.1) is 11.8 Å². The minimum Gasteiger partial charge on any atom is -0.388 e. The van der Waals surface area contributed by atoms with Crippen LogP contribution in [0, 0.1) is 0 Å². The lowest BCUT2D eigenvalue weighted by atomic mass is 9.94. The van der Waals surface area contributed by atoms with Gasteiger partial charge in [-0.2, -0.15) is 0 Å². The van der Waals surface area contributed by atoms with Crippen molar-refractivity contribution in [3.05, 3.63) is 47.8 Å². The first-order valence-electron chi connectivity index (χ1n) is 5.94. The van der Waals surface area contributed by atoms with E-state index in [2.05, 4.69) is 9.97 Å². The minimum absolute atomic E-state index is 0.386. The van der Waals surface area contributed by atoms with Crippen LogP contribution in [0.15, 0.2) is 36.5 Å². The Kier molecular flexibility index (Phi) is 2.61. The molecule has 1 aliphatic rings. The van der Waals surface area contributed by atoms with Crippen molar-refractivity contribution in [2.24, 2.45) is 0 Å². The third-order valence-corrected chi connectivity index (χ3v) is 3.18. The largest absolute Gasteiger partial charge is 0.388 e.